The number of carbonyl (C=O) groups is 3. The number of amides is 2. The van der Waals surface area contributed by atoms with E-state index in [0.717, 1.165) is 12.0 Å². The van der Waals surface area contributed by atoms with Gasteiger partial charge >= 0.3 is 5.97 Å². The second kappa shape index (κ2) is 7.20. The molecule has 0 aliphatic carbocycles. The Bertz CT molecular complexity index is 656. The van der Waals surface area contributed by atoms with E-state index in [2.05, 4.69) is 10.9 Å². The number of hydrogen-bond acceptors (Lipinski definition) is 6. The van der Waals surface area contributed by atoms with Crippen molar-refractivity contribution in [2.75, 3.05) is 13.2 Å². The van der Waals surface area contributed by atoms with Crippen molar-refractivity contribution in [3.05, 3.63) is 23.8 Å². The van der Waals surface area contributed by atoms with E-state index in [9.17, 15) is 14.4 Å². The number of para-hydroxylation sites is 1. The minimum absolute atomic E-state index is 0.315. The molecule has 130 valence electrons. The number of rotatable bonds is 5. The summed E-state index contributed by atoms with van der Waals surface area (Å²) in [5, 5.41) is 0. The summed E-state index contributed by atoms with van der Waals surface area (Å²) in [4.78, 5) is 33.5. The Balaban J connectivity index is 1.80. The monoisotopic (exact) mass is 336 g/mol. The zero-order chi connectivity index (χ0) is 17.7. The summed E-state index contributed by atoms with van der Waals surface area (Å²) >= 11 is 0. The van der Waals surface area contributed by atoms with E-state index in [1.165, 1.54) is 6.92 Å². The molecule has 0 fully saturated rings. The van der Waals surface area contributed by atoms with Crippen molar-refractivity contribution in [2.45, 2.75) is 32.8 Å². The minimum Gasteiger partial charge on any atom is -0.483 e. The molecule has 2 N–H and O–H groups in total. The summed E-state index contributed by atoms with van der Waals surface area (Å²) in [6.45, 7) is 4.31. The van der Waals surface area contributed by atoms with Gasteiger partial charge in [0.15, 0.2) is 24.7 Å². The van der Waals surface area contributed by atoms with Crippen LogP contribution in [0.2, 0.25) is 0 Å². The highest BCUT2D eigenvalue weighted by atomic mass is 16.6. The third-order valence-electron chi connectivity index (χ3n) is 3.14. The number of nitrogens with one attached hydrogen (secondary N) is 2. The molecule has 0 unspecified atom stereocenters. The molecular formula is C16H20N2O6. The fourth-order valence-corrected chi connectivity index (χ4v) is 2.22. The first kappa shape index (κ1) is 17.6. The van der Waals surface area contributed by atoms with Crippen molar-refractivity contribution in [2.24, 2.45) is 0 Å². The molecule has 1 aliphatic rings. The van der Waals surface area contributed by atoms with Crippen LogP contribution in [-0.2, 0) is 25.5 Å². The first-order valence-electron chi connectivity index (χ1n) is 7.41. The van der Waals surface area contributed by atoms with Crippen LogP contribution in [0.4, 0.5) is 0 Å². The van der Waals surface area contributed by atoms with Gasteiger partial charge in [0.05, 0.1) is 0 Å². The van der Waals surface area contributed by atoms with Crippen LogP contribution in [0.25, 0.3) is 0 Å². The molecular weight excluding hydrogens is 316 g/mol. The molecule has 8 nitrogen and oxygen atoms in total. The topological polar surface area (TPSA) is 103 Å². The van der Waals surface area contributed by atoms with Gasteiger partial charge in [0.1, 0.15) is 5.60 Å². The summed E-state index contributed by atoms with van der Waals surface area (Å²) in [6.07, 6.45) is 0.757. The lowest BCUT2D eigenvalue weighted by Gasteiger charge is -2.18. The molecule has 2 rings (SSSR count). The van der Waals surface area contributed by atoms with Crippen molar-refractivity contribution in [1.29, 1.82) is 0 Å². The van der Waals surface area contributed by atoms with Crippen molar-refractivity contribution in [1.82, 2.24) is 10.9 Å². The quantitative estimate of drug-likeness (QED) is 0.599. The largest absolute Gasteiger partial charge is 0.483 e. The van der Waals surface area contributed by atoms with E-state index < -0.39 is 24.4 Å². The van der Waals surface area contributed by atoms with Crippen LogP contribution in [0, 0.1) is 0 Å². The maximum Gasteiger partial charge on any atom is 0.344 e. The number of esters is 1. The third kappa shape index (κ3) is 4.87. The Morgan fingerprint density at radius 3 is 2.67 bits per heavy atom. The highest BCUT2D eigenvalue weighted by Crippen LogP contribution is 2.41. The van der Waals surface area contributed by atoms with E-state index >= 15 is 0 Å². The molecule has 2 amide bonds. The number of benzene rings is 1. The van der Waals surface area contributed by atoms with Crippen molar-refractivity contribution < 1.29 is 28.6 Å². The summed E-state index contributed by atoms with van der Waals surface area (Å²) in [7, 11) is 0. The van der Waals surface area contributed by atoms with Crippen LogP contribution in [0.1, 0.15) is 26.3 Å². The van der Waals surface area contributed by atoms with Crippen LogP contribution in [0.5, 0.6) is 11.5 Å². The molecule has 1 aliphatic heterocycles. The highest BCUT2D eigenvalue weighted by Gasteiger charge is 2.32. The van der Waals surface area contributed by atoms with Crippen LogP contribution in [-0.4, -0.2) is 36.6 Å². The summed E-state index contributed by atoms with van der Waals surface area (Å²) in [5.41, 5.74) is 4.86. The van der Waals surface area contributed by atoms with Gasteiger partial charge in [-0.15, -0.1) is 0 Å². The second-order valence-corrected chi connectivity index (χ2v) is 5.96. The second-order valence-electron chi connectivity index (χ2n) is 5.96. The van der Waals surface area contributed by atoms with Crippen molar-refractivity contribution in [3.63, 3.8) is 0 Å². The molecule has 1 heterocycles. The maximum atomic E-state index is 11.6. The van der Waals surface area contributed by atoms with E-state index in [1.54, 1.807) is 6.07 Å². The van der Waals surface area contributed by atoms with Gasteiger partial charge in [-0.05, 0) is 19.9 Å². The predicted octanol–water partition coefficient (Wildman–Crippen LogP) is 0.489. The van der Waals surface area contributed by atoms with Gasteiger partial charge in [-0.2, -0.15) is 0 Å². The fourth-order valence-electron chi connectivity index (χ4n) is 2.22. The molecule has 0 saturated carbocycles. The Morgan fingerprint density at radius 1 is 1.21 bits per heavy atom. The molecule has 0 atom stereocenters. The average molecular weight is 336 g/mol. The van der Waals surface area contributed by atoms with Gasteiger partial charge in [-0.3, -0.25) is 20.4 Å². The zero-order valence-electron chi connectivity index (χ0n) is 13.8. The van der Waals surface area contributed by atoms with Gasteiger partial charge in [-0.25, -0.2) is 4.79 Å². The minimum atomic E-state index is -0.706. The molecule has 0 spiro atoms. The fraction of sp³-hybridized carbons (Fsp3) is 0.438. The molecule has 24 heavy (non-hydrogen) atoms. The lowest BCUT2D eigenvalue weighted by Crippen LogP contribution is -2.42. The molecule has 1 aromatic rings. The molecule has 0 bridgehead atoms. The molecule has 0 saturated heterocycles. The predicted molar refractivity (Wildman–Crippen MR) is 83.3 cm³/mol. The van der Waals surface area contributed by atoms with Gasteiger partial charge in [0, 0.05) is 18.9 Å². The lowest BCUT2D eigenvalue weighted by molar-refractivity contribution is -0.150. The summed E-state index contributed by atoms with van der Waals surface area (Å²) < 4.78 is 16.0. The van der Waals surface area contributed by atoms with E-state index in [4.69, 9.17) is 14.2 Å². The highest BCUT2D eigenvalue weighted by molar-refractivity contribution is 5.83. The molecule has 1 aromatic carbocycles. The molecule has 8 heteroatoms. The number of ether oxygens (including phenoxy) is 3. The number of carbonyl (C=O) groups excluding carboxylic acids is 3. The molecule has 0 radical (unpaired) electrons. The van der Waals surface area contributed by atoms with Crippen molar-refractivity contribution >= 4 is 17.8 Å². The van der Waals surface area contributed by atoms with E-state index in [-0.39, 0.29) is 12.2 Å². The Hall–Kier alpha value is -2.77. The number of hydrazine groups is 1. The van der Waals surface area contributed by atoms with E-state index in [1.807, 2.05) is 26.0 Å². The van der Waals surface area contributed by atoms with Gasteiger partial charge in [0.25, 0.3) is 5.91 Å². The SMILES string of the molecule is CC(=O)NNC(=O)COC(=O)COc1cccc2c1OC(C)(C)C2. The summed E-state index contributed by atoms with van der Waals surface area (Å²) in [5.74, 6) is -0.706. The first-order chi connectivity index (χ1) is 11.3. The van der Waals surface area contributed by atoms with Crippen molar-refractivity contribution in [3.8, 4) is 11.5 Å². The van der Waals surface area contributed by atoms with Crippen LogP contribution >= 0.6 is 0 Å². The Kier molecular flexibility index (Phi) is 5.28. The van der Waals surface area contributed by atoms with Crippen LogP contribution in [0.15, 0.2) is 18.2 Å². The lowest BCUT2D eigenvalue weighted by atomic mass is 10.0. The smallest absolute Gasteiger partial charge is 0.344 e. The Labute approximate surface area is 139 Å². The number of fused-ring (bicyclic) bond motifs is 1. The van der Waals surface area contributed by atoms with Gasteiger partial charge in [0.2, 0.25) is 5.91 Å². The van der Waals surface area contributed by atoms with Gasteiger partial charge < -0.3 is 14.2 Å². The Morgan fingerprint density at radius 2 is 1.96 bits per heavy atom. The van der Waals surface area contributed by atoms with Crippen LogP contribution in [0.3, 0.4) is 0 Å². The first-order valence-corrected chi connectivity index (χ1v) is 7.41. The molecule has 0 aromatic heterocycles. The normalized spacial score (nSPS) is 14.1. The number of hydrogen-bond donors (Lipinski definition) is 2. The zero-order valence-corrected chi connectivity index (χ0v) is 13.8. The van der Waals surface area contributed by atoms with Crippen LogP contribution < -0.4 is 20.3 Å². The van der Waals surface area contributed by atoms with Gasteiger partial charge in [-0.1, -0.05) is 12.1 Å². The standard InChI is InChI=1S/C16H20N2O6/c1-10(19)17-18-13(20)8-23-14(21)9-22-12-6-4-5-11-7-16(2,3)24-15(11)12/h4-6H,7-9H2,1-3H3,(H,17,19)(H,18,20). The van der Waals surface area contributed by atoms with E-state index in [0.29, 0.717) is 11.5 Å². The summed E-state index contributed by atoms with van der Waals surface area (Å²) in [6, 6.07) is 5.48. The third-order valence-corrected chi connectivity index (χ3v) is 3.14. The average Bonchev–Trinajstić information content (AvgIpc) is 2.83. The maximum absolute atomic E-state index is 11.6.